The van der Waals surface area contributed by atoms with Gasteiger partial charge in [-0.2, -0.15) is 0 Å². The molecule has 2 rings (SSSR count). The number of benzene rings is 1. The van der Waals surface area contributed by atoms with Gasteiger partial charge in [0.2, 0.25) is 0 Å². The average Bonchev–Trinajstić information content (AvgIpc) is 2.59. The number of carboxylic acids is 1. The standard InChI is InChI=1S/C11H11NO3/c13-4-3-9-5-7-1-2-8(11(14)15)6-10(7)12-9/h1-2,5-6,12-13H,3-4H2,(H,14,15). The van der Waals surface area contributed by atoms with Crippen LogP contribution in [0.15, 0.2) is 24.3 Å². The lowest BCUT2D eigenvalue weighted by Gasteiger charge is -1.93. The normalized spacial score (nSPS) is 10.7. The fourth-order valence-corrected chi connectivity index (χ4v) is 1.58. The Hall–Kier alpha value is -1.81. The molecule has 0 aliphatic carbocycles. The topological polar surface area (TPSA) is 73.3 Å². The minimum atomic E-state index is -0.935. The highest BCUT2D eigenvalue weighted by Gasteiger charge is 2.05. The summed E-state index contributed by atoms with van der Waals surface area (Å²) in [5.41, 5.74) is 1.97. The molecule has 0 radical (unpaired) electrons. The van der Waals surface area contributed by atoms with Crippen LogP contribution in [-0.2, 0) is 6.42 Å². The van der Waals surface area contributed by atoms with Gasteiger partial charge in [-0.3, -0.25) is 0 Å². The zero-order chi connectivity index (χ0) is 10.8. The van der Waals surface area contributed by atoms with Gasteiger partial charge in [-0.05, 0) is 23.6 Å². The number of aromatic amines is 1. The molecule has 78 valence electrons. The fraction of sp³-hybridized carbons (Fsp3) is 0.182. The number of aliphatic hydroxyl groups is 1. The molecule has 0 bridgehead atoms. The maximum absolute atomic E-state index is 10.7. The lowest BCUT2D eigenvalue weighted by atomic mass is 10.1. The molecule has 3 N–H and O–H groups in total. The SMILES string of the molecule is O=C(O)c1ccc2cc(CCO)[nH]c2c1. The fourth-order valence-electron chi connectivity index (χ4n) is 1.58. The van der Waals surface area contributed by atoms with Crippen LogP contribution < -0.4 is 0 Å². The molecule has 15 heavy (non-hydrogen) atoms. The van der Waals surface area contributed by atoms with Crippen molar-refractivity contribution in [2.45, 2.75) is 6.42 Å². The quantitative estimate of drug-likeness (QED) is 0.709. The first kappa shape index (κ1) is 9.73. The second-order valence-electron chi connectivity index (χ2n) is 3.38. The van der Waals surface area contributed by atoms with Crippen LogP contribution in [0, 0.1) is 0 Å². The number of aliphatic hydroxyl groups excluding tert-OH is 1. The minimum Gasteiger partial charge on any atom is -0.478 e. The van der Waals surface area contributed by atoms with Crippen LogP contribution in [-0.4, -0.2) is 27.8 Å². The van der Waals surface area contributed by atoms with E-state index in [9.17, 15) is 4.79 Å². The lowest BCUT2D eigenvalue weighted by Crippen LogP contribution is -1.94. The monoisotopic (exact) mass is 205 g/mol. The van der Waals surface area contributed by atoms with Crippen LogP contribution in [0.4, 0.5) is 0 Å². The number of H-pyrrole nitrogens is 1. The largest absolute Gasteiger partial charge is 0.478 e. The molecule has 1 heterocycles. The lowest BCUT2D eigenvalue weighted by molar-refractivity contribution is 0.0697. The van der Waals surface area contributed by atoms with E-state index in [0.717, 1.165) is 16.6 Å². The molecule has 0 saturated heterocycles. The number of hydrogen-bond acceptors (Lipinski definition) is 2. The zero-order valence-corrected chi connectivity index (χ0v) is 8.03. The van der Waals surface area contributed by atoms with Gasteiger partial charge in [0, 0.05) is 24.2 Å². The van der Waals surface area contributed by atoms with Crippen molar-refractivity contribution in [2.75, 3.05) is 6.61 Å². The number of nitrogens with one attached hydrogen (secondary N) is 1. The number of carbonyl (C=O) groups is 1. The van der Waals surface area contributed by atoms with E-state index >= 15 is 0 Å². The van der Waals surface area contributed by atoms with E-state index in [1.807, 2.05) is 6.07 Å². The highest BCUT2D eigenvalue weighted by Crippen LogP contribution is 2.17. The van der Waals surface area contributed by atoms with Gasteiger partial charge in [0.25, 0.3) is 0 Å². The Morgan fingerprint density at radius 2 is 2.13 bits per heavy atom. The maximum atomic E-state index is 10.7. The van der Waals surface area contributed by atoms with Crippen molar-refractivity contribution in [1.82, 2.24) is 4.98 Å². The summed E-state index contributed by atoms with van der Waals surface area (Å²) in [4.78, 5) is 13.8. The van der Waals surface area contributed by atoms with E-state index < -0.39 is 5.97 Å². The van der Waals surface area contributed by atoms with E-state index in [2.05, 4.69) is 4.98 Å². The number of aromatic carboxylic acids is 1. The Balaban J connectivity index is 2.47. The summed E-state index contributed by atoms with van der Waals surface area (Å²) in [7, 11) is 0. The zero-order valence-electron chi connectivity index (χ0n) is 8.03. The van der Waals surface area contributed by atoms with E-state index in [4.69, 9.17) is 10.2 Å². The van der Waals surface area contributed by atoms with Crippen molar-refractivity contribution in [3.8, 4) is 0 Å². The number of carboxylic acid groups (broad SMARTS) is 1. The van der Waals surface area contributed by atoms with Crippen molar-refractivity contribution in [2.24, 2.45) is 0 Å². The summed E-state index contributed by atoms with van der Waals surface area (Å²) in [6, 6.07) is 6.84. The third-order valence-electron chi connectivity index (χ3n) is 2.31. The molecule has 0 unspecified atom stereocenters. The smallest absolute Gasteiger partial charge is 0.335 e. The van der Waals surface area contributed by atoms with Gasteiger partial charge in [0.15, 0.2) is 0 Å². The van der Waals surface area contributed by atoms with Gasteiger partial charge >= 0.3 is 5.97 Å². The maximum Gasteiger partial charge on any atom is 0.335 e. The van der Waals surface area contributed by atoms with E-state index in [0.29, 0.717) is 6.42 Å². The summed E-state index contributed by atoms with van der Waals surface area (Å²) < 4.78 is 0. The summed E-state index contributed by atoms with van der Waals surface area (Å²) in [5.74, 6) is -0.935. The third-order valence-corrected chi connectivity index (χ3v) is 2.31. The van der Waals surface area contributed by atoms with Gasteiger partial charge in [-0.1, -0.05) is 6.07 Å². The number of rotatable bonds is 3. The second kappa shape index (κ2) is 3.74. The summed E-state index contributed by atoms with van der Waals surface area (Å²) in [6.45, 7) is 0.0820. The highest BCUT2D eigenvalue weighted by molar-refractivity contribution is 5.93. The van der Waals surface area contributed by atoms with Crippen molar-refractivity contribution in [3.63, 3.8) is 0 Å². The van der Waals surface area contributed by atoms with E-state index in [-0.39, 0.29) is 12.2 Å². The van der Waals surface area contributed by atoms with Crippen LogP contribution in [0.25, 0.3) is 10.9 Å². The first-order valence-electron chi connectivity index (χ1n) is 4.66. The van der Waals surface area contributed by atoms with E-state index in [1.54, 1.807) is 18.2 Å². The molecule has 4 nitrogen and oxygen atoms in total. The van der Waals surface area contributed by atoms with Crippen molar-refractivity contribution < 1.29 is 15.0 Å². The Labute approximate surface area is 86.2 Å². The number of hydrogen-bond donors (Lipinski definition) is 3. The molecule has 0 aliphatic heterocycles. The van der Waals surface area contributed by atoms with Crippen molar-refractivity contribution in [1.29, 1.82) is 0 Å². The Kier molecular flexibility index (Phi) is 2.43. The van der Waals surface area contributed by atoms with Crippen LogP contribution in [0.2, 0.25) is 0 Å². The summed E-state index contributed by atoms with van der Waals surface area (Å²) in [5, 5.41) is 18.5. The molecule has 4 heteroatoms. The summed E-state index contributed by atoms with van der Waals surface area (Å²) >= 11 is 0. The molecule has 2 aromatic rings. The van der Waals surface area contributed by atoms with Crippen molar-refractivity contribution in [3.05, 3.63) is 35.5 Å². The highest BCUT2D eigenvalue weighted by atomic mass is 16.4. The number of aromatic nitrogens is 1. The Morgan fingerprint density at radius 1 is 1.33 bits per heavy atom. The first-order chi connectivity index (χ1) is 7.20. The van der Waals surface area contributed by atoms with Gasteiger partial charge in [-0.15, -0.1) is 0 Å². The van der Waals surface area contributed by atoms with Gasteiger partial charge < -0.3 is 15.2 Å². The third kappa shape index (κ3) is 1.85. The van der Waals surface area contributed by atoms with Crippen LogP contribution in [0.5, 0.6) is 0 Å². The molecular formula is C11H11NO3. The Bertz CT molecular complexity index is 502. The predicted molar refractivity (Wildman–Crippen MR) is 56.0 cm³/mol. The van der Waals surface area contributed by atoms with Crippen molar-refractivity contribution >= 4 is 16.9 Å². The second-order valence-corrected chi connectivity index (χ2v) is 3.38. The Morgan fingerprint density at radius 3 is 2.80 bits per heavy atom. The van der Waals surface area contributed by atoms with Gasteiger partial charge in [-0.25, -0.2) is 4.79 Å². The predicted octanol–water partition coefficient (Wildman–Crippen LogP) is 1.40. The molecule has 0 spiro atoms. The van der Waals surface area contributed by atoms with Gasteiger partial charge in [0.05, 0.1) is 5.56 Å². The molecule has 0 fully saturated rings. The molecule has 0 aliphatic rings. The van der Waals surface area contributed by atoms with Gasteiger partial charge in [0.1, 0.15) is 0 Å². The molecule has 1 aromatic heterocycles. The van der Waals surface area contributed by atoms with Crippen LogP contribution >= 0.6 is 0 Å². The average molecular weight is 205 g/mol. The molecule has 0 saturated carbocycles. The molecule has 0 amide bonds. The van der Waals surface area contributed by atoms with Crippen LogP contribution in [0.1, 0.15) is 16.1 Å². The summed E-state index contributed by atoms with van der Waals surface area (Å²) in [6.07, 6.45) is 0.553. The first-order valence-corrected chi connectivity index (χ1v) is 4.66. The molecule has 0 atom stereocenters. The van der Waals surface area contributed by atoms with E-state index in [1.165, 1.54) is 0 Å². The molecule has 1 aromatic carbocycles. The van der Waals surface area contributed by atoms with Crippen LogP contribution in [0.3, 0.4) is 0 Å². The minimum absolute atomic E-state index is 0.0820. The number of fused-ring (bicyclic) bond motifs is 1. The molecular weight excluding hydrogens is 194 g/mol.